The third kappa shape index (κ3) is 2.77. The number of hydrogen-bond donors (Lipinski definition) is 0. The number of rotatable bonds is 5. The van der Waals surface area contributed by atoms with E-state index in [2.05, 4.69) is 0 Å². The van der Waals surface area contributed by atoms with Crippen LogP contribution in [0.2, 0.25) is 0 Å². The van der Waals surface area contributed by atoms with Gasteiger partial charge >= 0.3 is 0 Å². The fraction of sp³-hybridized carbons (Fsp3) is 0.375. The summed E-state index contributed by atoms with van der Waals surface area (Å²) in [6, 6.07) is 5.64. The number of nitrogens with zero attached hydrogens (tertiary/aromatic N) is 2. The van der Waals surface area contributed by atoms with Crippen molar-refractivity contribution in [2.45, 2.75) is 32.4 Å². The van der Waals surface area contributed by atoms with Crippen LogP contribution in [0.25, 0.3) is 0 Å². The molecule has 0 aliphatic heterocycles. The molecule has 2 heterocycles. The Morgan fingerprint density at radius 2 is 2.19 bits per heavy atom. The highest BCUT2D eigenvalue weighted by Crippen LogP contribution is 2.30. The molecule has 0 aromatic carbocycles. The lowest BCUT2D eigenvalue weighted by atomic mass is 10.2. The number of carbonyl (C=O) groups excluding carboxylic acids is 2. The molecule has 1 saturated carbocycles. The van der Waals surface area contributed by atoms with E-state index in [1.165, 1.54) is 6.92 Å². The van der Waals surface area contributed by atoms with Gasteiger partial charge in [-0.1, -0.05) is 0 Å². The third-order valence-electron chi connectivity index (χ3n) is 3.79. The number of furan rings is 1. The van der Waals surface area contributed by atoms with Gasteiger partial charge in [0.25, 0.3) is 5.91 Å². The van der Waals surface area contributed by atoms with Crippen molar-refractivity contribution in [2.75, 3.05) is 0 Å². The SMILES string of the molecule is CC(=O)c1cc(C(=O)N(Cc2ccco2)C2CC2)n(C)c1. The number of amides is 1. The second-order valence-electron chi connectivity index (χ2n) is 5.52. The minimum atomic E-state index is -0.0519. The zero-order valence-electron chi connectivity index (χ0n) is 12.2. The Hall–Kier alpha value is -2.30. The summed E-state index contributed by atoms with van der Waals surface area (Å²) in [5, 5.41) is 0. The molecule has 110 valence electrons. The quantitative estimate of drug-likeness (QED) is 0.794. The second-order valence-corrected chi connectivity index (χ2v) is 5.52. The Morgan fingerprint density at radius 3 is 2.71 bits per heavy atom. The number of carbonyl (C=O) groups is 2. The Labute approximate surface area is 123 Å². The molecule has 0 spiro atoms. The van der Waals surface area contributed by atoms with E-state index in [1.807, 2.05) is 17.0 Å². The van der Waals surface area contributed by atoms with Crippen LogP contribution in [0.5, 0.6) is 0 Å². The van der Waals surface area contributed by atoms with E-state index in [0.717, 1.165) is 18.6 Å². The highest BCUT2D eigenvalue weighted by molar-refractivity contribution is 5.99. The van der Waals surface area contributed by atoms with Gasteiger partial charge in [0.15, 0.2) is 5.78 Å². The van der Waals surface area contributed by atoms with E-state index in [4.69, 9.17) is 4.42 Å². The van der Waals surface area contributed by atoms with Gasteiger partial charge in [0.2, 0.25) is 0 Å². The summed E-state index contributed by atoms with van der Waals surface area (Å²) >= 11 is 0. The summed E-state index contributed by atoms with van der Waals surface area (Å²) in [6.45, 7) is 1.97. The van der Waals surface area contributed by atoms with Crippen molar-refractivity contribution < 1.29 is 14.0 Å². The maximum Gasteiger partial charge on any atom is 0.271 e. The van der Waals surface area contributed by atoms with Gasteiger partial charge in [0, 0.05) is 24.8 Å². The van der Waals surface area contributed by atoms with Gasteiger partial charge in [0.05, 0.1) is 12.8 Å². The van der Waals surface area contributed by atoms with Crippen LogP contribution in [0.15, 0.2) is 35.1 Å². The first-order chi connectivity index (χ1) is 10.1. The zero-order valence-corrected chi connectivity index (χ0v) is 12.2. The Balaban J connectivity index is 1.85. The van der Waals surface area contributed by atoms with E-state index in [1.54, 1.807) is 30.1 Å². The minimum Gasteiger partial charge on any atom is -0.467 e. The molecule has 5 nitrogen and oxygen atoms in total. The number of Topliss-reactive ketones (excluding diaryl/α,β-unsaturated/α-hetero) is 1. The molecule has 5 heteroatoms. The molecule has 2 aromatic heterocycles. The fourth-order valence-electron chi connectivity index (χ4n) is 2.44. The lowest BCUT2D eigenvalue weighted by molar-refractivity contribution is 0.0708. The number of ketones is 1. The average molecular weight is 286 g/mol. The molecule has 1 amide bonds. The molecule has 0 N–H and O–H groups in total. The number of aromatic nitrogens is 1. The van der Waals surface area contributed by atoms with Crippen LogP contribution >= 0.6 is 0 Å². The molecule has 0 atom stereocenters. The first-order valence-electron chi connectivity index (χ1n) is 7.07. The highest BCUT2D eigenvalue weighted by Gasteiger charge is 2.34. The summed E-state index contributed by atoms with van der Waals surface area (Å²) < 4.78 is 7.07. The van der Waals surface area contributed by atoms with Gasteiger partial charge in [0.1, 0.15) is 11.5 Å². The summed E-state index contributed by atoms with van der Waals surface area (Å²) in [5.74, 6) is 0.689. The average Bonchev–Trinajstić information content (AvgIpc) is 3.00. The normalized spacial score (nSPS) is 14.2. The summed E-state index contributed by atoms with van der Waals surface area (Å²) in [5.41, 5.74) is 1.10. The zero-order chi connectivity index (χ0) is 15.0. The van der Waals surface area contributed by atoms with Crippen molar-refractivity contribution in [2.24, 2.45) is 7.05 Å². The van der Waals surface area contributed by atoms with Crippen molar-refractivity contribution in [1.29, 1.82) is 0 Å². The Kier molecular flexibility index (Phi) is 3.41. The van der Waals surface area contributed by atoms with Crippen LogP contribution in [-0.2, 0) is 13.6 Å². The van der Waals surface area contributed by atoms with Gasteiger partial charge in [-0.25, -0.2) is 0 Å². The molecule has 1 aliphatic carbocycles. The lowest BCUT2D eigenvalue weighted by Crippen LogP contribution is -2.33. The van der Waals surface area contributed by atoms with Crippen LogP contribution in [-0.4, -0.2) is 27.2 Å². The predicted octanol–water partition coefficient (Wildman–Crippen LogP) is 2.63. The molecular formula is C16H18N2O3. The lowest BCUT2D eigenvalue weighted by Gasteiger charge is -2.21. The van der Waals surface area contributed by atoms with Crippen molar-refractivity contribution >= 4 is 11.7 Å². The summed E-state index contributed by atoms with van der Waals surface area (Å²) in [4.78, 5) is 26.0. The Bertz CT molecular complexity index is 666. The molecular weight excluding hydrogens is 268 g/mol. The predicted molar refractivity (Wildman–Crippen MR) is 77.0 cm³/mol. The maximum atomic E-state index is 12.8. The van der Waals surface area contributed by atoms with Crippen molar-refractivity contribution in [3.05, 3.63) is 47.7 Å². The van der Waals surface area contributed by atoms with E-state index >= 15 is 0 Å². The molecule has 21 heavy (non-hydrogen) atoms. The van der Waals surface area contributed by atoms with Crippen molar-refractivity contribution in [3.63, 3.8) is 0 Å². The minimum absolute atomic E-state index is 0.0337. The van der Waals surface area contributed by atoms with Gasteiger partial charge in [-0.2, -0.15) is 0 Å². The standard InChI is InChI=1S/C16H18N2O3/c1-11(19)12-8-15(17(2)9-12)16(20)18(13-5-6-13)10-14-4-3-7-21-14/h3-4,7-9,13H,5-6,10H2,1-2H3. The molecule has 0 saturated heterocycles. The van der Waals surface area contributed by atoms with E-state index < -0.39 is 0 Å². The second kappa shape index (κ2) is 5.24. The smallest absolute Gasteiger partial charge is 0.271 e. The summed E-state index contributed by atoms with van der Waals surface area (Å²) in [6.07, 6.45) is 5.36. The monoisotopic (exact) mass is 286 g/mol. The van der Waals surface area contributed by atoms with Crippen LogP contribution in [0.1, 0.15) is 46.4 Å². The van der Waals surface area contributed by atoms with E-state index in [0.29, 0.717) is 17.8 Å². The largest absolute Gasteiger partial charge is 0.467 e. The van der Waals surface area contributed by atoms with Gasteiger partial charge in [-0.3, -0.25) is 9.59 Å². The topological polar surface area (TPSA) is 55.5 Å². The fourth-order valence-corrected chi connectivity index (χ4v) is 2.44. The van der Waals surface area contributed by atoms with Gasteiger partial charge < -0.3 is 13.9 Å². The van der Waals surface area contributed by atoms with Gasteiger partial charge in [-0.05, 0) is 38.0 Å². The molecule has 0 unspecified atom stereocenters. The molecule has 1 fully saturated rings. The molecule has 0 bridgehead atoms. The maximum absolute atomic E-state index is 12.8. The van der Waals surface area contributed by atoms with Crippen LogP contribution in [0.4, 0.5) is 0 Å². The van der Waals surface area contributed by atoms with Gasteiger partial charge in [-0.15, -0.1) is 0 Å². The summed E-state index contributed by atoms with van der Waals surface area (Å²) in [7, 11) is 1.79. The number of hydrogen-bond acceptors (Lipinski definition) is 3. The molecule has 3 rings (SSSR count). The van der Waals surface area contributed by atoms with Crippen LogP contribution < -0.4 is 0 Å². The molecule has 2 aromatic rings. The van der Waals surface area contributed by atoms with Crippen molar-refractivity contribution in [1.82, 2.24) is 9.47 Å². The first-order valence-corrected chi connectivity index (χ1v) is 7.07. The highest BCUT2D eigenvalue weighted by atomic mass is 16.3. The third-order valence-corrected chi connectivity index (χ3v) is 3.79. The number of aryl methyl sites for hydroxylation is 1. The van der Waals surface area contributed by atoms with Crippen molar-refractivity contribution in [3.8, 4) is 0 Å². The van der Waals surface area contributed by atoms with Crippen LogP contribution in [0, 0.1) is 0 Å². The van der Waals surface area contributed by atoms with E-state index in [9.17, 15) is 9.59 Å². The first kappa shape index (κ1) is 13.7. The van der Waals surface area contributed by atoms with E-state index in [-0.39, 0.29) is 17.7 Å². The molecule has 1 aliphatic rings. The molecule has 0 radical (unpaired) electrons. The van der Waals surface area contributed by atoms with Crippen LogP contribution in [0.3, 0.4) is 0 Å². The Morgan fingerprint density at radius 1 is 1.43 bits per heavy atom.